The van der Waals surface area contributed by atoms with Crippen LogP contribution in [0.25, 0.3) is 0 Å². The second kappa shape index (κ2) is 14.6. The topological polar surface area (TPSA) is 12.9 Å². The molecule has 0 atom stereocenters. The van der Waals surface area contributed by atoms with Gasteiger partial charge in [0.2, 0.25) is 0 Å². The third kappa shape index (κ3) is 11.5. The van der Waals surface area contributed by atoms with Gasteiger partial charge in [-0.1, -0.05) is 95.7 Å². The number of aryl methyl sites for hydroxylation is 1. The predicted molar refractivity (Wildman–Crippen MR) is 103 cm³/mol. The normalized spacial score (nSPS) is 11.2. The van der Waals surface area contributed by atoms with Crippen molar-refractivity contribution in [1.29, 1.82) is 0 Å². The Balaban J connectivity index is 1.73. The fourth-order valence-corrected chi connectivity index (χ4v) is 4.60. The highest BCUT2D eigenvalue weighted by molar-refractivity contribution is 8.00. The number of hydrogen-bond acceptors (Lipinski definition) is 3. The molecule has 0 amide bonds. The third-order valence-corrected chi connectivity index (χ3v) is 6.30. The number of aromatic nitrogens is 1. The van der Waals surface area contributed by atoms with Crippen LogP contribution in [0.2, 0.25) is 0 Å². The first-order valence-corrected chi connectivity index (χ1v) is 11.2. The van der Waals surface area contributed by atoms with Crippen molar-refractivity contribution in [3.8, 4) is 0 Å². The molecule has 0 bridgehead atoms. The van der Waals surface area contributed by atoms with Gasteiger partial charge in [-0.05, 0) is 13.3 Å². The standard InChI is InChI=1S/C19H35NS2/c1-3-4-5-6-7-8-9-10-11-12-13-14-15-16-21-19-20-18(2)17-22-19/h17H,3-16H2,1-2H3. The third-order valence-electron chi connectivity index (χ3n) is 4.07. The van der Waals surface area contributed by atoms with Crippen molar-refractivity contribution in [2.45, 2.75) is 102 Å². The molecular formula is C19H35NS2. The van der Waals surface area contributed by atoms with Gasteiger partial charge >= 0.3 is 0 Å². The van der Waals surface area contributed by atoms with Crippen molar-refractivity contribution in [2.24, 2.45) is 0 Å². The predicted octanol–water partition coefficient (Wildman–Crippen LogP) is 7.63. The van der Waals surface area contributed by atoms with Crippen LogP contribution < -0.4 is 0 Å². The molecule has 0 aromatic carbocycles. The lowest BCUT2D eigenvalue weighted by Gasteiger charge is -2.03. The van der Waals surface area contributed by atoms with E-state index in [0.29, 0.717) is 0 Å². The highest BCUT2D eigenvalue weighted by atomic mass is 32.2. The van der Waals surface area contributed by atoms with Crippen molar-refractivity contribution < 1.29 is 0 Å². The molecule has 1 heterocycles. The molecule has 128 valence electrons. The average Bonchev–Trinajstić information content (AvgIpc) is 2.93. The van der Waals surface area contributed by atoms with Crippen LogP contribution in [-0.2, 0) is 0 Å². The summed E-state index contributed by atoms with van der Waals surface area (Å²) < 4.78 is 1.25. The summed E-state index contributed by atoms with van der Waals surface area (Å²) in [5.74, 6) is 1.24. The van der Waals surface area contributed by atoms with Crippen molar-refractivity contribution >= 4 is 23.1 Å². The molecular weight excluding hydrogens is 306 g/mol. The van der Waals surface area contributed by atoms with Crippen LogP contribution >= 0.6 is 23.1 Å². The second-order valence-electron chi connectivity index (χ2n) is 6.35. The summed E-state index contributed by atoms with van der Waals surface area (Å²) in [7, 11) is 0. The van der Waals surface area contributed by atoms with Gasteiger partial charge in [-0.2, -0.15) is 0 Å². The number of thiazole rings is 1. The van der Waals surface area contributed by atoms with E-state index in [1.54, 1.807) is 11.3 Å². The van der Waals surface area contributed by atoms with E-state index in [-0.39, 0.29) is 0 Å². The first-order valence-electron chi connectivity index (χ1n) is 9.38. The molecule has 1 nitrogen and oxygen atoms in total. The highest BCUT2D eigenvalue weighted by Crippen LogP contribution is 2.23. The number of rotatable bonds is 15. The van der Waals surface area contributed by atoms with E-state index >= 15 is 0 Å². The first kappa shape index (κ1) is 20.0. The van der Waals surface area contributed by atoms with E-state index < -0.39 is 0 Å². The molecule has 0 saturated heterocycles. The maximum absolute atomic E-state index is 4.49. The lowest BCUT2D eigenvalue weighted by molar-refractivity contribution is 0.543. The Kier molecular flexibility index (Phi) is 13.3. The smallest absolute Gasteiger partial charge is 0.150 e. The first-order chi connectivity index (χ1) is 10.8. The fourth-order valence-electron chi connectivity index (χ4n) is 2.68. The van der Waals surface area contributed by atoms with Crippen LogP contribution in [0.1, 0.15) is 96.1 Å². The Morgan fingerprint density at radius 2 is 1.32 bits per heavy atom. The summed E-state index contributed by atoms with van der Waals surface area (Å²) >= 11 is 3.72. The van der Waals surface area contributed by atoms with E-state index in [2.05, 4.69) is 24.2 Å². The Morgan fingerprint density at radius 1 is 0.818 bits per heavy atom. The molecule has 1 aromatic rings. The van der Waals surface area contributed by atoms with Gasteiger partial charge in [-0.3, -0.25) is 0 Å². The molecule has 1 rings (SSSR count). The van der Waals surface area contributed by atoms with Gasteiger partial charge < -0.3 is 0 Å². The van der Waals surface area contributed by atoms with Gasteiger partial charge in [0.1, 0.15) is 4.34 Å². The Morgan fingerprint density at radius 3 is 1.77 bits per heavy atom. The lowest BCUT2D eigenvalue weighted by Crippen LogP contribution is -1.84. The van der Waals surface area contributed by atoms with E-state index in [1.165, 1.54) is 93.6 Å². The van der Waals surface area contributed by atoms with Crippen LogP contribution in [0.5, 0.6) is 0 Å². The molecule has 0 unspecified atom stereocenters. The van der Waals surface area contributed by atoms with E-state index in [1.807, 2.05) is 11.8 Å². The van der Waals surface area contributed by atoms with Gasteiger partial charge in [0, 0.05) is 16.8 Å². The van der Waals surface area contributed by atoms with E-state index in [4.69, 9.17) is 0 Å². The summed E-state index contributed by atoms with van der Waals surface area (Å²) in [6.07, 6.45) is 18.6. The van der Waals surface area contributed by atoms with Crippen LogP contribution in [0.4, 0.5) is 0 Å². The van der Waals surface area contributed by atoms with Crippen molar-refractivity contribution in [2.75, 3.05) is 5.75 Å². The molecule has 22 heavy (non-hydrogen) atoms. The van der Waals surface area contributed by atoms with Crippen LogP contribution in [0.3, 0.4) is 0 Å². The van der Waals surface area contributed by atoms with E-state index in [9.17, 15) is 0 Å². The Bertz CT molecular complexity index is 349. The maximum atomic E-state index is 4.49. The maximum Gasteiger partial charge on any atom is 0.150 e. The average molecular weight is 342 g/mol. The number of nitrogens with zero attached hydrogens (tertiary/aromatic N) is 1. The molecule has 0 saturated carbocycles. The van der Waals surface area contributed by atoms with Crippen molar-refractivity contribution in [3.63, 3.8) is 0 Å². The summed E-state index contributed by atoms with van der Waals surface area (Å²) in [5, 5.41) is 2.14. The monoisotopic (exact) mass is 341 g/mol. The second-order valence-corrected chi connectivity index (χ2v) is 8.55. The van der Waals surface area contributed by atoms with Gasteiger partial charge in [0.25, 0.3) is 0 Å². The van der Waals surface area contributed by atoms with Gasteiger partial charge in [-0.15, -0.1) is 11.3 Å². The molecule has 0 radical (unpaired) electrons. The quantitative estimate of drug-likeness (QED) is 0.240. The van der Waals surface area contributed by atoms with Crippen LogP contribution in [-0.4, -0.2) is 10.7 Å². The number of thioether (sulfide) groups is 1. The molecule has 1 aromatic heterocycles. The zero-order valence-corrected chi connectivity index (χ0v) is 16.4. The minimum absolute atomic E-state index is 1.16. The summed E-state index contributed by atoms with van der Waals surface area (Å²) in [4.78, 5) is 4.49. The molecule has 0 aliphatic rings. The fraction of sp³-hybridized carbons (Fsp3) is 0.842. The molecule has 0 aliphatic heterocycles. The highest BCUT2D eigenvalue weighted by Gasteiger charge is 1.99. The summed E-state index contributed by atoms with van der Waals surface area (Å²) in [5.41, 5.74) is 1.16. The molecule has 3 heteroatoms. The van der Waals surface area contributed by atoms with Crippen molar-refractivity contribution in [1.82, 2.24) is 4.98 Å². The molecule has 0 aliphatic carbocycles. The van der Waals surface area contributed by atoms with Gasteiger partial charge in [0.05, 0.1) is 0 Å². The minimum Gasteiger partial charge on any atom is -0.235 e. The van der Waals surface area contributed by atoms with Crippen molar-refractivity contribution in [3.05, 3.63) is 11.1 Å². The molecule has 0 spiro atoms. The molecule has 0 fully saturated rings. The van der Waals surface area contributed by atoms with Gasteiger partial charge in [-0.25, -0.2) is 4.98 Å². The minimum atomic E-state index is 1.16. The Labute approximate surface area is 146 Å². The largest absolute Gasteiger partial charge is 0.235 e. The lowest BCUT2D eigenvalue weighted by atomic mass is 10.1. The number of hydrogen-bond donors (Lipinski definition) is 0. The van der Waals surface area contributed by atoms with Crippen LogP contribution in [0.15, 0.2) is 9.72 Å². The van der Waals surface area contributed by atoms with Gasteiger partial charge in [0.15, 0.2) is 0 Å². The zero-order valence-electron chi connectivity index (χ0n) is 14.7. The SMILES string of the molecule is CCCCCCCCCCCCCCCSc1nc(C)cs1. The van der Waals surface area contributed by atoms with Crippen LogP contribution in [0, 0.1) is 6.92 Å². The number of unbranched alkanes of at least 4 members (excludes halogenated alkanes) is 12. The summed E-state index contributed by atoms with van der Waals surface area (Å²) in [6.45, 7) is 4.37. The summed E-state index contributed by atoms with van der Waals surface area (Å²) in [6, 6.07) is 0. The zero-order chi connectivity index (χ0) is 15.9. The Hall–Kier alpha value is -0.0200. The molecule has 0 N–H and O–H groups in total. The van der Waals surface area contributed by atoms with E-state index in [0.717, 1.165) is 5.69 Å².